The lowest BCUT2D eigenvalue weighted by atomic mass is 10.1. The molecule has 0 saturated carbocycles. The monoisotopic (exact) mass is 225 g/mol. The summed E-state index contributed by atoms with van der Waals surface area (Å²) in [6.45, 7) is 2.57. The summed E-state index contributed by atoms with van der Waals surface area (Å²) in [5.41, 5.74) is 2.28. The molecule has 0 radical (unpaired) electrons. The second-order valence-corrected chi connectivity index (χ2v) is 3.75. The average molecular weight is 225 g/mol. The molecule has 1 atom stereocenters. The van der Waals surface area contributed by atoms with Crippen LogP contribution in [0.4, 0.5) is 0 Å². The Morgan fingerprint density at radius 3 is 2.73 bits per heavy atom. The van der Waals surface area contributed by atoms with Crippen molar-refractivity contribution in [3.8, 4) is 0 Å². The van der Waals surface area contributed by atoms with Gasteiger partial charge in [0.25, 0.3) is 0 Å². The first-order chi connectivity index (χ1) is 7.15. The second kappa shape index (κ2) is 5.78. The van der Waals surface area contributed by atoms with Crippen LogP contribution in [0.25, 0.3) is 0 Å². The minimum atomic E-state index is -0.862. The molecule has 0 heterocycles. The molecule has 0 saturated heterocycles. The highest BCUT2D eigenvalue weighted by Gasteiger charge is 2.14. The average Bonchev–Trinajstić information content (AvgIpc) is 2.21. The van der Waals surface area contributed by atoms with Crippen molar-refractivity contribution in [2.45, 2.75) is 19.5 Å². The fraction of sp³-hybridized carbons (Fsp3) is 0.364. The van der Waals surface area contributed by atoms with Gasteiger partial charge in [-0.05, 0) is 18.1 Å². The highest BCUT2D eigenvalue weighted by molar-refractivity contribution is 7.80. The number of hydrogen-bond acceptors (Lipinski definition) is 3. The number of carboxylic acids is 1. The van der Waals surface area contributed by atoms with Gasteiger partial charge in [-0.25, -0.2) is 0 Å². The maximum atomic E-state index is 10.7. The minimum absolute atomic E-state index is 0.293. The van der Waals surface area contributed by atoms with Crippen LogP contribution in [0.5, 0.6) is 0 Å². The molecule has 4 heteroatoms. The largest absolute Gasteiger partial charge is 0.480 e. The van der Waals surface area contributed by atoms with Crippen LogP contribution < -0.4 is 5.32 Å². The van der Waals surface area contributed by atoms with E-state index in [9.17, 15) is 4.79 Å². The molecule has 1 aromatic carbocycles. The van der Waals surface area contributed by atoms with Crippen LogP contribution in [0.1, 0.15) is 11.1 Å². The zero-order chi connectivity index (χ0) is 11.3. The summed E-state index contributed by atoms with van der Waals surface area (Å²) in [6.07, 6.45) is 0. The molecule has 0 amide bonds. The van der Waals surface area contributed by atoms with Gasteiger partial charge >= 0.3 is 5.97 Å². The highest BCUT2D eigenvalue weighted by atomic mass is 32.1. The van der Waals surface area contributed by atoms with Gasteiger partial charge in [-0.3, -0.25) is 10.1 Å². The van der Waals surface area contributed by atoms with Crippen molar-refractivity contribution in [3.05, 3.63) is 35.4 Å². The fourth-order valence-corrected chi connectivity index (χ4v) is 1.56. The zero-order valence-corrected chi connectivity index (χ0v) is 9.50. The van der Waals surface area contributed by atoms with E-state index >= 15 is 0 Å². The van der Waals surface area contributed by atoms with Crippen LogP contribution in [0.2, 0.25) is 0 Å². The molecule has 0 spiro atoms. The van der Waals surface area contributed by atoms with Crippen LogP contribution >= 0.6 is 12.6 Å². The first kappa shape index (κ1) is 12.1. The summed E-state index contributed by atoms with van der Waals surface area (Å²) >= 11 is 3.98. The molecule has 2 N–H and O–H groups in total. The van der Waals surface area contributed by atoms with Gasteiger partial charge in [-0.15, -0.1) is 0 Å². The molecule has 0 aliphatic carbocycles. The molecule has 0 aliphatic rings. The Balaban J connectivity index is 2.56. The maximum absolute atomic E-state index is 10.7. The van der Waals surface area contributed by atoms with Crippen molar-refractivity contribution in [3.63, 3.8) is 0 Å². The number of carbonyl (C=O) groups is 1. The van der Waals surface area contributed by atoms with Gasteiger partial charge in [-0.2, -0.15) is 12.6 Å². The Hall–Kier alpha value is -1.00. The van der Waals surface area contributed by atoms with E-state index in [1.165, 1.54) is 0 Å². The van der Waals surface area contributed by atoms with Crippen LogP contribution in [-0.2, 0) is 11.3 Å². The Labute approximate surface area is 94.9 Å². The Bertz CT molecular complexity index is 341. The lowest BCUT2D eigenvalue weighted by Crippen LogP contribution is -2.37. The molecule has 15 heavy (non-hydrogen) atoms. The van der Waals surface area contributed by atoms with E-state index in [1.807, 2.05) is 31.2 Å². The predicted molar refractivity (Wildman–Crippen MR) is 63.3 cm³/mol. The van der Waals surface area contributed by atoms with Crippen LogP contribution in [0.3, 0.4) is 0 Å². The molecule has 0 unspecified atom stereocenters. The highest BCUT2D eigenvalue weighted by Crippen LogP contribution is 2.06. The molecule has 1 aromatic rings. The molecular formula is C11H15NO2S. The van der Waals surface area contributed by atoms with E-state index in [-0.39, 0.29) is 0 Å². The van der Waals surface area contributed by atoms with Crippen LogP contribution in [0, 0.1) is 6.92 Å². The summed E-state index contributed by atoms with van der Waals surface area (Å²) < 4.78 is 0. The van der Waals surface area contributed by atoms with Crippen molar-refractivity contribution in [1.82, 2.24) is 5.32 Å². The number of rotatable bonds is 5. The van der Waals surface area contributed by atoms with E-state index < -0.39 is 12.0 Å². The molecule has 0 bridgehead atoms. The molecule has 82 valence electrons. The van der Waals surface area contributed by atoms with Crippen molar-refractivity contribution < 1.29 is 9.90 Å². The smallest absolute Gasteiger partial charge is 0.321 e. The van der Waals surface area contributed by atoms with Gasteiger partial charge in [0.05, 0.1) is 0 Å². The standard InChI is InChI=1S/C11H15NO2S/c1-8-4-2-3-5-9(8)6-12-10(7-15)11(13)14/h2-5,10,12,15H,6-7H2,1H3,(H,13,14)/t10-/m0/s1. The summed E-state index contributed by atoms with van der Waals surface area (Å²) in [5, 5.41) is 11.8. The molecule has 0 fully saturated rings. The lowest BCUT2D eigenvalue weighted by molar-refractivity contribution is -0.138. The maximum Gasteiger partial charge on any atom is 0.321 e. The lowest BCUT2D eigenvalue weighted by Gasteiger charge is -2.12. The van der Waals surface area contributed by atoms with Crippen molar-refractivity contribution in [2.24, 2.45) is 0 Å². The third-order valence-corrected chi connectivity index (χ3v) is 2.65. The topological polar surface area (TPSA) is 49.3 Å². The van der Waals surface area contributed by atoms with E-state index in [2.05, 4.69) is 17.9 Å². The Morgan fingerprint density at radius 2 is 2.20 bits per heavy atom. The van der Waals surface area contributed by atoms with Crippen molar-refractivity contribution in [1.29, 1.82) is 0 Å². The molecule has 3 nitrogen and oxygen atoms in total. The third-order valence-electron chi connectivity index (χ3n) is 2.28. The van der Waals surface area contributed by atoms with Gasteiger partial charge in [0, 0.05) is 12.3 Å². The normalized spacial score (nSPS) is 12.4. The van der Waals surface area contributed by atoms with E-state index in [0.29, 0.717) is 12.3 Å². The summed E-state index contributed by atoms with van der Waals surface area (Å²) in [4.78, 5) is 10.7. The molecule has 1 rings (SSSR count). The number of thiol groups is 1. The quantitative estimate of drug-likeness (QED) is 0.665. The number of benzene rings is 1. The van der Waals surface area contributed by atoms with Gasteiger partial charge in [0.2, 0.25) is 0 Å². The Kier molecular flexibility index (Phi) is 4.65. The number of carboxylic acid groups (broad SMARTS) is 1. The second-order valence-electron chi connectivity index (χ2n) is 3.38. The number of aliphatic carboxylic acids is 1. The number of nitrogens with one attached hydrogen (secondary N) is 1. The van der Waals surface area contributed by atoms with Crippen molar-refractivity contribution in [2.75, 3.05) is 5.75 Å². The van der Waals surface area contributed by atoms with Crippen LogP contribution in [0.15, 0.2) is 24.3 Å². The molecule has 0 aliphatic heterocycles. The third kappa shape index (κ3) is 3.57. The summed E-state index contributed by atoms with van der Waals surface area (Å²) in [5.74, 6) is -0.570. The number of hydrogen-bond donors (Lipinski definition) is 3. The predicted octanol–water partition coefficient (Wildman–Crippen LogP) is 1.47. The van der Waals surface area contributed by atoms with E-state index in [0.717, 1.165) is 11.1 Å². The number of aryl methyl sites for hydroxylation is 1. The minimum Gasteiger partial charge on any atom is -0.480 e. The fourth-order valence-electron chi connectivity index (χ4n) is 1.27. The van der Waals surface area contributed by atoms with Gasteiger partial charge < -0.3 is 5.11 Å². The summed E-state index contributed by atoms with van der Waals surface area (Å²) in [7, 11) is 0. The molecular weight excluding hydrogens is 210 g/mol. The van der Waals surface area contributed by atoms with Crippen LogP contribution in [-0.4, -0.2) is 22.9 Å². The summed E-state index contributed by atoms with van der Waals surface area (Å²) in [6, 6.07) is 7.31. The first-order valence-corrected chi connectivity index (χ1v) is 5.40. The molecule has 0 aromatic heterocycles. The van der Waals surface area contributed by atoms with E-state index in [1.54, 1.807) is 0 Å². The first-order valence-electron chi connectivity index (χ1n) is 4.76. The zero-order valence-electron chi connectivity index (χ0n) is 8.60. The SMILES string of the molecule is Cc1ccccc1CN[C@@H](CS)C(=O)O. The van der Waals surface area contributed by atoms with Gasteiger partial charge in [-0.1, -0.05) is 24.3 Å². The van der Waals surface area contributed by atoms with Gasteiger partial charge in [0.1, 0.15) is 6.04 Å². The Morgan fingerprint density at radius 1 is 1.53 bits per heavy atom. The van der Waals surface area contributed by atoms with Crippen molar-refractivity contribution >= 4 is 18.6 Å². The van der Waals surface area contributed by atoms with Gasteiger partial charge in [0.15, 0.2) is 0 Å². The van der Waals surface area contributed by atoms with E-state index in [4.69, 9.17) is 5.11 Å².